The van der Waals surface area contributed by atoms with Gasteiger partial charge in [0.05, 0.1) is 12.2 Å². The van der Waals surface area contributed by atoms with Gasteiger partial charge in [-0.05, 0) is 25.7 Å². The van der Waals surface area contributed by atoms with Crippen molar-refractivity contribution in [2.45, 2.75) is 44.6 Å². The molecule has 0 spiro atoms. The highest BCUT2D eigenvalue weighted by Gasteiger charge is 2.36. The Morgan fingerprint density at radius 3 is 2.62 bits per heavy atom. The van der Waals surface area contributed by atoms with E-state index in [2.05, 4.69) is 12.2 Å². The van der Waals surface area contributed by atoms with Gasteiger partial charge in [0.15, 0.2) is 0 Å². The molecule has 0 bridgehead atoms. The minimum Gasteiger partial charge on any atom is -0.372 e. The zero-order valence-electron chi connectivity index (χ0n) is 8.64. The van der Waals surface area contributed by atoms with Crippen LogP contribution in [0.4, 0.5) is 0 Å². The first-order valence-electron chi connectivity index (χ1n) is 5.66. The van der Waals surface area contributed by atoms with E-state index in [1.807, 2.05) is 0 Å². The highest BCUT2D eigenvalue weighted by Crippen LogP contribution is 2.35. The largest absolute Gasteiger partial charge is 0.372 e. The van der Waals surface area contributed by atoms with Crippen molar-refractivity contribution in [2.75, 3.05) is 19.7 Å². The van der Waals surface area contributed by atoms with Crippen LogP contribution in [0.1, 0.15) is 39.0 Å². The predicted octanol–water partition coefficient (Wildman–Crippen LogP) is 1.95. The second-order valence-corrected chi connectivity index (χ2v) is 4.67. The number of rotatable bonds is 1. The molecule has 0 aromatic carbocycles. The molecule has 1 heterocycles. The molecule has 1 aliphatic heterocycles. The molecule has 1 saturated heterocycles. The van der Waals surface area contributed by atoms with E-state index in [1.165, 1.54) is 32.1 Å². The summed E-state index contributed by atoms with van der Waals surface area (Å²) in [4.78, 5) is 0. The van der Waals surface area contributed by atoms with Crippen molar-refractivity contribution in [2.24, 2.45) is 5.92 Å². The third-order valence-corrected chi connectivity index (χ3v) is 3.66. The lowest BCUT2D eigenvalue weighted by Crippen LogP contribution is -2.52. The molecule has 0 aromatic rings. The number of morpholine rings is 1. The summed E-state index contributed by atoms with van der Waals surface area (Å²) in [5.74, 6) is 0.800. The fourth-order valence-corrected chi connectivity index (χ4v) is 2.72. The van der Waals surface area contributed by atoms with Gasteiger partial charge in [-0.15, -0.1) is 0 Å². The van der Waals surface area contributed by atoms with Crippen molar-refractivity contribution in [1.29, 1.82) is 0 Å². The third kappa shape index (κ3) is 2.05. The third-order valence-electron chi connectivity index (χ3n) is 3.66. The molecule has 1 aliphatic carbocycles. The van der Waals surface area contributed by atoms with E-state index < -0.39 is 0 Å². The molecular formula is C11H21NO. The van der Waals surface area contributed by atoms with Gasteiger partial charge in [0.1, 0.15) is 0 Å². The smallest absolute Gasteiger partial charge is 0.0806 e. The molecule has 2 nitrogen and oxygen atoms in total. The summed E-state index contributed by atoms with van der Waals surface area (Å²) in [6, 6.07) is 0. The van der Waals surface area contributed by atoms with Crippen LogP contribution in [0.2, 0.25) is 0 Å². The van der Waals surface area contributed by atoms with Crippen LogP contribution in [-0.4, -0.2) is 25.3 Å². The van der Waals surface area contributed by atoms with Crippen LogP contribution in [0.3, 0.4) is 0 Å². The van der Waals surface area contributed by atoms with E-state index in [9.17, 15) is 0 Å². The Hall–Kier alpha value is -0.0800. The molecule has 76 valence electrons. The summed E-state index contributed by atoms with van der Waals surface area (Å²) in [5, 5.41) is 3.45. The molecular weight excluding hydrogens is 162 g/mol. The number of hydrogen-bond donors (Lipinski definition) is 1. The Kier molecular flexibility index (Phi) is 2.89. The van der Waals surface area contributed by atoms with Gasteiger partial charge in [0.2, 0.25) is 0 Å². The summed E-state index contributed by atoms with van der Waals surface area (Å²) in [6.45, 7) is 5.27. The standard InChI is InChI=1S/C11H21NO/c1-11(9-12-7-8-13-11)10-5-3-2-4-6-10/h10,12H,2-9H2,1H3. The maximum atomic E-state index is 5.94. The Bertz CT molecular complexity index is 157. The minimum absolute atomic E-state index is 0.138. The van der Waals surface area contributed by atoms with E-state index in [1.54, 1.807) is 0 Å². The summed E-state index contributed by atoms with van der Waals surface area (Å²) in [7, 11) is 0. The van der Waals surface area contributed by atoms with E-state index in [4.69, 9.17) is 4.74 Å². The van der Waals surface area contributed by atoms with Crippen LogP contribution in [0, 0.1) is 5.92 Å². The van der Waals surface area contributed by atoms with Crippen LogP contribution in [-0.2, 0) is 4.74 Å². The van der Waals surface area contributed by atoms with Gasteiger partial charge in [-0.25, -0.2) is 0 Å². The maximum Gasteiger partial charge on any atom is 0.0806 e. The molecule has 0 aromatic heterocycles. The van der Waals surface area contributed by atoms with Crippen LogP contribution in [0.5, 0.6) is 0 Å². The molecule has 1 unspecified atom stereocenters. The van der Waals surface area contributed by atoms with Crippen molar-refractivity contribution < 1.29 is 4.74 Å². The van der Waals surface area contributed by atoms with Gasteiger partial charge in [-0.3, -0.25) is 0 Å². The molecule has 1 atom stereocenters. The highest BCUT2D eigenvalue weighted by molar-refractivity contribution is 4.90. The summed E-state index contributed by atoms with van der Waals surface area (Å²) in [5.41, 5.74) is 0.138. The topological polar surface area (TPSA) is 21.3 Å². The highest BCUT2D eigenvalue weighted by atomic mass is 16.5. The van der Waals surface area contributed by atoms with Crippen LogP contribution < -0.4 is 5.32 Å². The van der Waals surface area contributed by atoms with Gasteiger partial charge in [-0.1, -0.05) is 19.3 Å². The average molecular weight is 183 g/mol. The fourth-order valence-electron chi connectivity index (χ4n) is 2.72. The van der Waals surface area contributed by atoms with Crippen molar-refractivity contribution >= 4 is 0 Å². The van der Waals surface area contributed by atoms with E-state index in [0.717, 1.165) is 25.6 Å². The van der Waals surface area contributed by atoms with Crippen LogP contribution in [0.25, 0.3) is 0 Å². The van der Waals surface area contributed by atoms with E-state index >= 15 is 0 Å². The van der Waals surface area contributed by atoms with Gasteiger partial charge >= 0.3 is 0 Å². The van der Waals surface area contributed by atoms with Crippen LogP contribution >= 0.6 is 0 Å². The molecule has 13 heavy (non-hydrogen) atoms. The lowest BCUT2D eigenvalue weighted by Gasteiger charge is -2.42. The Labute approximate surface area is 81.0 Å². The van der Waals surface area contributed by atoms with Gasteiger partial charge in [0.25, 0.3) is 0 Å². The molecule has 2 rings (SSSR count). The Morgan fingerprint density at radius 1 is 1.23 bits per heavy atom. The zero-order valence-corrected chi connectivity index (χ0v) is 8.64. The molecule has 2 fully saturated rings. The quantitative estimate of drug-likeness (QED) is 0.671. The fraction of sp³-hybridized carbons (Fsp3) is 1.00. The SMILES string of the molecule is CC1(C2CCCCC2)CNCCO1. The van der Waals surface area contributed by atoms with Crippen LogP contribution in [0.15, 0.2) is 0 Å². The normalized spacial score (nSPS) is 37.6. The van der Waals surface area contributed by atoms with Crippen molar-refractivity contribution in [3.63, 3.8) is 0 Å². The number of hydrogen-bond acceptors (Lipinski definition) is 2. The minimum atomic E-state index is 0.138. The second-order valence-electron chi connectivity index (χ2n) is 4.67. The summed E-state index contributed by atoms with van der Waals surface area (Å²) < 4.78 is 5.94. The van der Waals surface area contributed by atoms with Gasteiger partial charge in [-0.2, -0.15) is 0 Å². The molecule has 0 amide bonds. The first-order chi connectivity index (χ1) is 6.31. The van der Waals surface area contributed by atoms with E-state index in [0.29, 0.717) is 0 Å². The molecule has 2 heteroatoms. The number of ether oxygens (including phenoxy) is 1. The Balaban J connectivity index is 1.94. The lowest BCUT2D eigenvalue weighted by molar-refractivity contribution is -0.0997. The zero-order chi connectivity index (χ0) is 9.15. The number of nitrogens with one attached hydrogen (secondary N) is 1. The molecule has 0 radical (unpaired) electrons. The Morgan fingerprint density at radius 2 is 2.00 bits per heavy atom. The summed E-state index contributed by atoms with van der Waals surface area (Å²) >= 11 is 0. The second kappa shape index (κ2) is 3.97. The van der Waals surface area contributed by atoms with Crippen molar-refractivity contribution in [1.82, 2.24) is 5.32 Å². The molecule has 2 aliphatic rings. The van der Waals surface area contributed by atoms with Gasteiger partial charge < -0.3 is 10.1 Å². The first-order valence-corrected chi connectivity index (χ1v) is 5.66. The van der Waals surface area contributed by atoms with Crippen molar-refractivity contribution in [3.05, 3.63) is 0 Å². The monoisotopic (exact) mass is 183 g/mol. The van der Waals surface area contributed by atoms with Gasteiger partial charge in [0, 0.05) is 13.1 Å². The van der Waals surface area contributed by atoms with E-state index in [-0.39, 0.29) is 5.60 Å². The first kappa shape index (κ1) is 9.47. The summed E-state index contributed by atoms with van der Waals surface area (Å²) in [6.07, 6.45) is 6.99. The predicted molar refractivity (Wildman–Crippen MR) is 53.8 cm³/mol. The molecule has 1 saturated carbocycles. The average Bonchev–Trinajstić information content (AvgIpc) is 2.20. The lowest BCUT2D eigenvalue weighted by atomic mass is 9.77. The van der Waals surface area contributed by atoms with Crippen molar-refractivity contribution in [3.8, 4) is 0 Å². The molecule has 1 N–H and O–H groups in total. The maximum absolute atomic E-state index is 5.94.